The first-order valence-corrected chi connectivity index (χ1v) is 6.02. The Bertz CT molecular complexity index is 409. The molecule has 0 saturated carbocycles. The van der Waals surface area contributed by atoms with Gasteiger partial charge in [0.15, 0.2) is 6.61 Å². The number of carbonyl (C=O) groups excluding carboxylic acids is 1. The zero-order valence-electron chi connectivity index (χ0n) is 9.67. The number of ether oxygens (including phenoxy) is 1. The highest BCUT2D eigenvalue weighted by atomic mass is 79.9. The molecule has 0 atom stereocenters. The maximum atomic E-state index is 11.7. The molecule has 0 aromatic heterocycles. The lowest BCUT2D eigenvalue weighted by atomic mass is 10.3. The summed E-state index contributed by atoms with van der Waals surface area (Å²) in [6, 6.07) is 6.92. The van der Waals surface area contributed by atoms with Gasteiger partial charge in [0.1, 0.15) is 5.75 Å². The molecule has 1 aromatic rings. The van der Waals surface area contributed by atoms with E-state index in [-0.39, 0.29) is 13.0 Å². The summed E-state index contributed by atoms with van der Waals surface area (Å²) in [7, 11) is 0. The molecule has 0 aliphatic rings. The highest BCUT2D eigenvalue weighted by molar-refractivity contribution is 9.10. The second-order valence-corrected chi connectivity index (χ2v) is 4.40. The molecule has 1 amide bonds. The Labute approximate surface area is 116 Å². The Balaban J connectivity index is 2.15. The lowest BCUT2D eigenvalue weighted by Gasteiger charge is -2.09. The van der Waals surface area contributed by atoms with Crippen LogP contribution in [0.2, 0.25) is 0 Å². The van der Waals surface area contributed by atoms with Crippen molar-refractivity contribution in [1.29, 1.82) is 0 Å². The summed E-state index contributed by atoms with van der Waals surface area (Å²) in [5.41, 5.74) is 1.69. The van der Waals surface area contributed by atoms with E-state index in [0.29, 0.717) is 5.75 Å². The van der Waals surface area contributed by atoms with E-state index in [1.165, 1.54) is 0 Å². The van der Waals surface area contributed by atoms with Gasteiger partial charge in [0.25, 0.3) is 0 Å². The number of hydroxylamine groups is 1. The number of amides is 1. The van der Waals surface area contributed by atoms with Gasteiger partial charge in [-0.25, -0.2) is 5.48 Å². The van der Waals surface area contributed by atoms with Gasteiger partial charge in [-0.15, -0.1) is 0 Å². The van der Waals surface area contributed by atoms with Crippen LogP contribution in [0.1, 0.15) is 6.42 Å². The average molecular weight is 342 g/mol. The van der Waals surface area contributed by atoms with E-state index in [1.54, 1.807) is 29.7 Å². The molecule has 0 aliphatic carbocycles. The summed E-state index contributed by atoms with van der Waals surface area (Å²) in [6.07, 6.45) is -4.57. The van der Waals surface area contributed by atoms with E-state index < -0.39 is 18.7 Å². The Hall–Kier alpha value is -1.28. The minimum Gasteiger partial charge on any atom is -0.493 e. The zero-order chi connectivity index (χ0) is 14.3. The maximum absolute atomic E-state index is 11.7. The first-order valence-electron chi connectivity index (χ1n) is 5.22. The van der Waals surface area contributed by atoms with Crippen molar-refractivity contribution in [2.45, 2.75) is 12.6 Å². The lowest BCUT2D eigenvalue weighted by Crippen LogP contribution is -2.30. The van der Waals surface area contributed by atoms with Gasteiger partial charge in [-0.1, -0.05) is 15.9 Å². The number of rotatable bonds is 6. The number of halogens is 4. The van der Waals surface area contributed by atoms with Crippen molar-refractivity contribution in [2.75, 3.05) is 13.2 Å². The molecule has 0 fully saturated rings. The second kappa shape index (κ2) is 7.34. The summed E-state index contributed by atoms with van der Waals surface area (Å²) in [6.45, 7) is -1.48. The molecule has 106 valence electrons. The predicted octanol–water partition coefficient (Wildman–Crippen LogP) is 2.83. The topological polar surface area (TPSA) is 47.6 Å². The number of benzene rings is 1. The Morgan fingerprint density at radius 3 is 2.47 bits per heavy atom. The molecule has 0 bridgehead atoms. The fraction of sp³-hybridized carbons (Fsp3) is 0.364. The molecule has 0 radical (unpaired) electrons. The van der Waals surface area contributed by atoms with Crippen LogP contribution >= 0.6 is 15.9 Å². The summed E-state index contributed by atoms with van der Waals surface area (Å²) >= 11 is 3.25. The normalized spacial score (nSPS) is 11.2. The molecule has 4 nitrogen and oxygen atoms in total. The van der Waals surface area contributed by atoms with Gasteiger partial charge in [0, 0.05) is 4.47 Å². The minimum absolute atomic E-state index is 0.0445. The van der Waals surface area contributed by atoms with Gasteiger partial charge < -0.3 is 4.74 Å². The van der Waals surface area contributed by atoms with Crippen molar-refractivity contribution in [3.05, 3.63) is 28.7 Å². The van der Waals surface area contributed by atoms with Gasteiger partial charge >= 0.3 is 6.18 Å². The van der Waals surface area contributed by atoms with Crippen LogP contribution in [0.25, 0.3) is 0 Å². The molecule has 8 heteroatoms. The van der Waals surface area contributed by atoms with E-state index in [1.807, 2.05) is 0 Å². The van der Waals surface area contributed by atoms with Crippen molar-refractivity contribution >= 4 is 21.8 Å². The van der Waals surface area contributed by atoms with Crippen LogP contribution in [0, 0.1) is 0 Å². The summed E-state index contributed by atoms with van der Waals surface area (Å²) in [4.78, 5) is 15.1. The molecule has 1 aromatic carbocycles. The number of carbonyl (C=O) groups is 1. The van der Waals surface area contributed by atoms with Crippen molar-refractivity contribution < 1.29 is 27.5 Å². The second-order valence-electron chi connectivity index (χ2n) is 3.48. The highest BCUT2D eigenvalue weighted by Gasteiger charge is 2.28. The van der Waals surface area contributed by atoms with Crippen LogP contribution in [-0.2, 0) is 9.63 Å². The quantitative estimate of drug-likeness (QED) is 0.809. The summed E-state index contributed by atoms with van der Waals surface area (Å²) < 4.78 is 41.2. The molecule has 19 heavy (non-hydrogen) atoms. The van der Waals surface area contributed by atoms with E-state index in [2.05, 4.69) is 20.8 Å². The SMILES string of the molecule is O=C(CCOc1ccc(Br)cc1)NOCC(F)(F)F. The van der Waals surface area contributed by atoms with Crippen molar-refractivity contribution in [3.63, 3.8) is 0 Å². The average Bonchev–Trinajstić information content (AvgIpc) is 2.30. The number of hydrogen-bond acceptors (Lipinski definition) is 3. The minimum atomic E-state index is -4.47. The van der Waals surface area contributed by atoms with Crippen LogP contribution < -0.4 is 10.2 Å². The zero-order valence-corrected chi connectivity index (χ0v) is 11.3. The molecular weight excluding hydrogens is 331 g/mol. The third-order valence-electron chi connectivity index (χ3n) is 1.83. The molecule has 1 rings (SSSR count). The van der Waals surface area contributed by atoms with Gasteiger partial charge in [0.2, 0.25) is 5.91 Å². The van der Waals surface area contributed by atoms with Crippen molar-refractivity contribution in [2.24, 2.45) is 0 Å². The molecule has 0 aliphatic heterocycles. The summed E-state index contributed by atoms with van der Waals surface area (Å²) in [5.74, 6) is -0.117. The van der Waals surface area contributed by atoms with E-state index >= 15 is 0 Å². The Kier molecular flexibility index (Phi) is 6.10. The summed E-state index contributed by atoms with van der Waals surface area (Å²) in [5, 5.41) is 0. The van der Waals surface area contributed by atoms with Crippen molar-refractivity contribution in [1.82, 2.24) is 5.48 Å². The smallest absolute Gasteiger partial charge is 0.414 e. The predicted molar refractivity (Wildman–Crippen MR) is 64.4 cm³/mol. The van der Waals surface area contributed by atoms with E-state index in [0.717, 1.165) is 4.47 Å². The molecular formula is C11H11BrF3NO3. The Morgan fingerprint density at radius 1 is 1.26 bits per heavy atom. The molecule has 1 N–H and O–H groups in total. The molecule has 0 saturated heterocycles. The molecule has 0 spiro atoms. The van der Waals surface area contributed by atoms with Crippen molar-refractivity contribution in [3.8, 4) is 5.75 Å². The fourth-order valence-corrected chi connectivity index (χ4v) is 1.31. The Morgan fingerprint density at radius 2 is 1.89 bits per heavy atom. The third kappa shape index (κ3) is 7.68. The third-order valence-corrected chi connectivity index (χ3v) is 2.36. The number of nitrogens with one attached hydrogen (secondary N) is 1. The number of alkyl halides is 3. The van der Waals surface area contributed by atoms with Crippen LogP contribution in [0.3, 0.4) is 0 Å². The van der Waals surface area contributed by atoms with E-state index in [9.17, 15) is 18.0 Å². The fourth-order valence-electron chi connectivity index (χ4n) is 1.04. The number of hydrogen-bond donors (Lipinski definition) is 1. The van der Waals surface area contributed by atoms with Crippen LogP contribution in [-0.4, -0.2) is 25.3 Å². The lowest BCUT2D eigenvalue weighted by molar-refractivity contribution is -0.191. The van der Waals surface area contributed by atoms with E-state index in [4.69, 9.17) is 4.74 Å². The van der Waals surface area contributed by atoms with Gasteiger partial charge in [-0.2, -0.15) is 13.2 Å². The molecule has 0 unspecified atom stereocenters. The standard InChI is InChI=1S/C11H11BrF3NO3/c12-8-1-3-9(4-2-8)18-6-5-10(17)16-19-7-11(13,14)15/h1-4H,5-7H2,(H,16,17). The molecule has 0 heterocycles. The van der Waals surface area contributed by atoms with Gasteiger partial charge in [-0.05, 0) is 24.3 Å². The maximum Gasteiger partial charge on any atom is 0.414 e. The van der Waals surface area contributed by atoms with Gasteiger partial charge in [0.05, 0.1) is 13.0 Å². The monoisotopic (exact) mass is 341 g/mol. The van der Waals surface area contributed by atoms with Crippen LogP contribution in [0.15, 0.2) is 28.7 Å². The first-order chi connectivity index (χ1) is 8.87. The first kappa shape index (κ1) is 15.8. The van der Waals surface area contributed by atoms with Crippen LogP contribution in [0.5, 0.6) is 5.75 Å². The van der Waals surface area contributed by atoms with Crippen LogP contribution in [0.4, 0.5) is 13.2 Å². The van der Waals surface area contributed by atoms with Gasteiger partial charge in [-0.3, -0.25) is 9.63 Å². The largest absolute Gasteiger partial charge is 0.493 e. The highest BCUT2D eigenvalue weighted by Crippen LogP contribution is 2.16.